The second-order valence-electron chi connectivity index (χ2n) is 3.37. The average Bonchev–Trinajstić information content (AvgIpc) is 2.35. The highest BCUT2D eigenvalue weighted by Gasteiger charge is 2.32. The van der Waals surface area contributed by atoms with Crippen molar-refractivity contribution in [3.63, 3.8) is 0 Å². The quantitative estimate of drug-likeness (QED) is 0.402. The Hall–Kier alpha value is -0.220. The molecule has 0 aromatic heterocycles. The largest absolute Gasteiger partial charge is 0.529 e. The number of hydrogen-bond donors (Lipinski definition) is 0. The molecule has 0 amide bonds. The zero-order chi connectivity index (χ0) is 14.4. The van der Waals surface area contributed by atoms with Gasteiger partial charge in [-0.05, 0) is 5.56 Å². The number of rotatable bonds is 7. The summed E-state index contributed by atoms with van der Waals surface area (Å²) in [7, 11) is -3.85. The van der Waals surface area contributed by atoms with Crippen molar-refractivity contribution in [2.45, 2.75) is 10.4 Å². The number of halogens is 3. The lowest BCUT2D eigenvalue weighted by molar-refractivity contribution is 0.138. The molecule has 0 aliphatic rings. The summed E-state index contributed by atoms with van der Waals surface area (Å²) < 4.78 is 25.2. The molecular weight excluding hydrogens is 333 g/mol. The summed E-state index contributed by atoms with van der Waals surface area (Å²) in [4.78, 5) is 0. The Morgan fingerprint density at radius 2 is 1.84 bits per heavy atom. The van der Waals surface area contributed by atoms with Crippen LogP contribution >= 0.6 is 42.6 Å². The summed E-state index contributed by atoms with van der Waals surface area (Å²) in [5.41, 5.74) is 0.799. The first-order valence-corrected chi connectivity index (χ1v) is 7.73. The van der Waals surface area contributed by atoms with Crippen LogP contribution in [0, 0.1) is 0 Å². The molecule has 1 unspecified atom stereocenters. The van der Waals surface area contributed by atoms with Crippen molar-refractivity contribution in [2.24, 2.45) is 0 Å². The van der Waals surface area contributed by atoms with E-state index in [0.717, 1.165) is 11.8 Å². The van der Waals surface area contributed by atoms with Gasteiger partial charge < -0.3 is 4.52 Å². The monoisotopic (exact) mass is 344 g/mol. The van der Waals surface area contributed by atoms with E-state index in [0.29, 0.717) is 0 Å². The van der Waals surface area contributed by atoms with Gasteiger partial charge in [-0.2, -0.15) is 0 Å². The van der Waals surface area contributed by atoms with Crippen LogP contribution in [0.1, 0.15) is 5.56 Å². The Balaban J connectivity index is 2.61. The Labute approximate surface area is 126 Å². The highest BCUT2D eigenvalue weighted by molar-refractivity contribution is 7.48. The Kier molecular flexibility index (Phi) is 6.67. The third kappa shape index (κ3) is 7.21. The molecule has 0 N–H and O–H groups in total. The summed E-state index contributed by atoms with van der Waals surface area (Å²) in [6, 6.07) is 9.09. The smallest absolute Gasteiger partial charge is 0.413 e. The van der Waals surface area contributed by atoms with Gasteiger partial charge in [-0.1, -0.05) is 71.7 Å². The molecule has 8 heteroatoms. The molecule has 1 rings (SSSR count). The van der Waals surface area contributed by atoms with Crippen molar-refractivity contribution in [1.29, 1.82) is 0 Å². The highest BCUT2D eigenvalue weighted by atomic mass is 35.6. The molecule has 0 heterocycles. The third-order valence-electron chi connectivity index (χ3n) is 1.82. The fraction of sp³-hybridized carbons (Fsp3) is 0.273. The van der Waals surface area contributed by atoms with E-state index in [9.17, 15) is 4.57 Å². The second-order valence-corrected chi connectivity index (χ2v) is 7.50. The number of alkyl halides is 3. The summed E-state index contributed by atoms with van der Waals surface area (Å²) in [6.07, 6.45) is 0.949. The minimum atomic E-state index is -3.85. The van der Waals surface area contributed by atoms with Gasteiger partial charge in [-0.3, -0.25) is 9.05 Å². The molecule has 0 saturated heterocycles. The second kappa shape index (κ2) is 7.53. The Bertz CT molecular complexity index is 447. The molecular formula is C11H12Cl3O4P. The first-order chi connectivity index (χ1) is 8.85. The van der Waals surface area contributed by atoms with Gasteiger partial charge >= 0.3 is 7.82 Å². The standard InChI is InChI=1S/C11H12Cl3O4P/c1-2-16-19(15,18-9-11(12,13)14)17-8-10-6-4-3-5-7-10/h2-7H,1,8-9H2. The van der Waals surface area contributed by atoms with Crippen molar-refractivity contribution in [1.82, 2.24) is 0 Å². The van der Waals surface area contributed by atoms with Crippen molar-refractivity contribution >= 4 is 42.6 Å². The number of benzene rings is 1. The maximum atomic E-state index is 12.1. The minimum absolute atomic E-state index is 0.0335. The molecule has 0 radical (unpaired) electrons. The van der Waals surface area contributed by atoms with Crippen LogP contribution in [0.15, 0.2) is 43.2 Å². The van der Waals surface area contributed by atoms with Crippen LogP contribution in [-0.2, 0) is 24.7 Å². The normalized spacial score (nSPS) is 14.7. The number of phosphoric acid groups is 1. The van der Waals surface area contributed by atoms with Crippen molar-refractivity contribution in [2.75, 3.05) is 6.61 Å². The maximum absolute atomic E-state index is 12.1. The van der Waals surface area contributed by atoms with Crippen LogP contribution in [-0.4, -0.2) is 10.4 Å². The van der Waals surface area contributed by atoms with Gasteiger partial charge in [0.2, 0.25) is 3.79 Å². The van der Waals surface area contributed by atoms with Crippen LogP contribution in [0.5, 0.6) is 0 Å². The summed E-state index contributed by atoms with van der Waals surface area (Å²) >= 11 is 16.5. The first kappa shape index (κ1) is 16.8. The number of hydrogen-bond acceptors (Lipinski definition) is 4. The van der Waals surface area contributed by atoms with E-state index in [4.69, 9.17) is 48.4 Å². The minimum Gasteiger partial charge on any atom is -0.413 e. The van der Waals surface area contributed by atoms with E-state index in [1.54, 1.807) is 12.1 Å². The van der Waals surface area contributed by atoms with Crippen LogP contribution in [0.4, 0.5) is 0 Å². The van der Waals surface area contributed by atoms with E-state index in [1.165, 1.54) is 0 Å². The molecule has 4 nitrogen and oxygen atoms in total. The molecule has 1 aromatic carbocycles. The lowest BCUT2D eigenvalue weighted by atomic mass is 10.2. The van der Waals surface area contributed by atoms with Crippen LogP contribution in [0.3, 0.4) is 0 Å². The third-order valence-corrected chi connectivity index (χ3v) is 3.45. The van der Waals surface area contributed by atoms with E-state index in [1.807, 2.05) is 18.2 Å². The van der Waals surface area contributed by atoms with Gasteiger partial charge in [0.1, 0.15) is 6.61 Å². The zero-order valence-electron chi connectivity index (χ0n) is 9.80. The molecule has 19 heavy (non-hydrogen) atoms. The zero-order valence-corrected chi connectivity index (χ0v) is 13.0. The van der Waals surface area contributed by atoms with E-state index in [-0.39, 0.29) is 6.61 Å². The molecule has 0 aliphatic carbocycles. The van der Waals surface area contributed by atoms with Gasteiger partial charge in [0, 0.05) is 0 Å². The maximum Gasteiger partial charge on any atom is 0.529 e. The molecule has 0 bridgehead atoms. The summed E-state index contributed by atoms with van der Waals surface area (Å²) in [5.74, 6) is 0. The molecule has 0 saturated carbocycles. The topological polar surface area (TPSA) is 44.8 Å². The van der Waals surface area contributed by atoms with Crippen molar-refractivity contribution < 1.29 is 18.1 Å². The van der Waals surface area contributed by atoms with Gasteiger partial charge in [0.25, 0.3) is 0 Å². The predicted molar refractivity (Wildman–Crippen MR) is 76.4 cm³/mol. The van der Waals surface area contributed by atoms with Crippen LogP contribution in [0.2, 0.25) is 0 Å². The first-order valence-electron chi connectivity index (χ1n) is 5.14. The van der Waals surface area contributed by atoms with Gasteiger partial charge in [-0.25, -0.2) is 4.57 Å². The SMILES string of the molecule is C=COP(=O)(OCc1ccccc1)OCC(Cl)(Cl)Cl. The van der Waals surface area contributed by atoms with Crippen LogP contribution in [0.25, 0.3) is 0 Å². The molecule has 1 atom stereocenters. The predicted octanol–water partition coefficient (Wildman–Crippen LogP) is 4.86. The Morgan fingerprint density at radius 3 is 2.37 bits per heavy atom. The van der Waals surface area contributed by atoms with Crippen LogP contribution < -0.4 is 0 Å². The fourth-order valence-corrected chi connectivity index (χ4v) is 2.50. The molecule has 0 spiro atoms. The van der Waals surface area contributed by atoms with Gasteiger partial charge in [0.15, 0.2) is 0 Å². The summed E-state index contributed by atoms with van der Waals surface area (Å²) in [5, 5.41) is 0. The number of phosphoric ester groups is 1. The Morgan fingerprint density at radius 1 is 1.21 bits per heavy atom. The van der Waals surface area contributed by atoms with E-state index >= 15 is 0 Å². The van der Waals surface area contributed by atoms with Crippen molar-refractivity contribution in [3.05, 3.63) is 48.7 Å². The van der Waals surface area contributed by atoms with Gasteiger partial charge in [0.05, 0.1) is 12.9 Å². The molecule has 1 aromatic rings. The lowest BCUT2D eigenvalue weighted by Gasteiger charge is -2.18. The molecule has 0 fully saturated rings. The molecule has 106 valence electrons. The van der Waals surface area contributed by atoms with E-state index in [2.05, 4.69) is 6.58 Å². The van der Waals surface area contributed by atoms with Crippen molar-refractivity contribution in [3.8, 4) is 0 Å². The van der Waals surface area contributed by atoms with Gasteiger partial charge in [-0.15, -0.1) is 0 Å². The fourth-order valence-electron chi connectivity index (χ4n) is 1.07. The highest BCUT2D eigenvalue weighted by Crippen LogP contribution is 2.51. The van der Waals surface area contributed by atoms with E-state index < -0.39 is 18.2 Å². The summed E-state index contributed by atoms with van der Waals surface area (Å²) in [6.45, 7) is 2.89. The average molecular weight is 346 g/mol. The molecule has 0 aliphatic heterocycles. The lowest BCUT2D eigenvalue weighted by Crippen LogP contribution is -2.13.